The van der Waals surface area contributed by atoms with E-state index in [1.54, 1.807) is 6.08 Å². The summed E-state index contributed by atoms with van der Waals surface area (Å²) in [6, 6.07) is -1.05. The van der Waals surface area contributed by atoms with Crippen molar-refractivity contribution in [1.29, 1.82) is 0 Å². The molecule has 11 heteroatoms. The van der Waals surface area contributed by atoms with Crippen LogP contribution in [0.3, 0.4) is 0 Å². The molecule has 0 spiro atoms. The number of unbranched alkanes of at least 4 members (excludes halogenated alkanes) is 23. The van der Waals surface area contributed by atoms with Crippen LogP contribution >= 0.6 is 0 Å². The average Bonchev–Trinajstić information content (AvgIpc) is 3.50. The van der Waals surface area contributed by atoms with Gasteiger partial charge in [0.15, 0.2) is 12.4 Å². The molecule has 1 rings (SSSR count). The van der Waals surface area contributed by atoms with E-state index in [0.717, 1.165) is 141 Å². The third-order valence-electron chi connectivity index (χ3n) is 14.8. The molecule has 1 fully saturated rings. The lowest BCUT2D eigenvalue weighted by atomic mass is 9.99. The summed E-state index contributed by atoms with van der Waals surface area (Å²) < 4.78 is 17.6. The Hall–Kier alpha value is -3.94. The molecule has 1 saturated heterocycles. The van der Waals surface area contributed by atoms with Crippen LogP contribution in [0.2, 0.25) is 0 Å². The Labute approximate surface area is 506 Å². The largest absolute Gasteiger partial charge is 0.454 e. The summed E-state index contributed by atoms with van der Waals surface area (Å²) >= 11 is 0. The van der Waals surface area contributed by atoms with E-state index in [2.05, 4.69) is 135 Å². The lowest BCUT2D eigenvalue weighted by Crippen LogP contribution is -2.61. The first kappa shape index (κ1) is 77.1. The molecular weight excluding hydrogens is 1040 g/mol. The van der Waals surface area contributed by atoms with E-state index in [4.69, 9.17) is 14.2 Å². The van der Waals surface area contributed by atoms with Gasteiger partial charge in [0.05, 0.1) is 25.4 Å². The summed E-state index contributed by atoms with van der Waals surface area (Å²) in [6.45, 7) is 5.62. The summed E-state index contributed by atoms with van der Waals surface area (Å²) in [5.74, 6) is -1.24. The van der Waals surface area contributed by atoms with Gasteiger partial charge in [-0.1, -0.05) is 258 Å². The number of hydrogen-bond donors (Lipinski definition) is 6. The smallest absolute Gasteiger partial charge is 0.306 e. The predicted molar refractivity (Wildman–Crippen MR) is 347 cm³/mol. The summed E-state index contributed by atoms with van der Waals surface area (Å²) in [6.07, 6.45) is 70.8. The van der Waals surface area contributed by atoms with Crippen molar-refractivity contribution in [3.8, 4) is 0 Å². The maximum atomic E-state index is 13.4. The number of aliphatic hydroxyl groups excluding tert-OH is 5. The molecule has 0 aliphatic carbocycles. The topological polar surface area (TPSA) is 175 Å². The number of carbonyl (C=O) groups excluding carboxylic acids is 2. The lowest BCUT2D eigenvalue weighted by Gasteiger charge is -2.41. The van der Waals surface area contributed by atoms with Crippen LogP contribution in [0.25, 0.3) is 0 Å². The van der Waals surface area contributed by atoms with Crippen LogP contribution < -0.4 is 5.32 Å². The summed E-state index contributed by atoms with van der Waals surface area (Å²) in [4.78, 5) is 26.6. The number of allylic oxidation sites excluding steroid dienone is 19. The molecule has 474 valence electrons. The van der Waals surface area contributed by atoms with E-state index in [9.17, 15) is 35.1 Å². The lowest BCUT2D eigenvalue weighted by molar-refractivity contribution is -0.305. The van der Waals surface area contributed by atoms with Crippen molar-refractivity contribution in [2.75, 3.05) is 13.2 Å². The van der Waals surface area contributed by atoms with Gasteiger partial charge in [-0.2, -0.15) is 0 Å². The van der Waals surface area contributed by atoms with Gasteiger partial charge in [-0.25, -0.2) is 0 Å². The van der Waals surface area contributed by atoms with Crippen LogP contribution in [0.15, 0.2) is 122 Å². The first-order chi connectivity index (χ1) is 40.7. The van der Waals surface area contributed by atoms with Crippen LogP contribution in [0.5, 0.6) is 0 Å². The van der Waals surface area contributed by atoms with Gasteiger partial charge >= 0.3 is 5.97 Å². The Balaban J connectivity index is 2.68. The van der Waals surface area contributed by atoms with Crippen LogP contribution in [0.1, 0.15) is 258 Å². The number of rotatable bonds is 55. The van der Waals surface area contributed by atoms with Gasteiger partial charge in [0, 0.05) is 6.42 Å². The number of hydrogen-bond acceptors (Lipinski definition) is 10. The van der Waals surface area contributed by atoms with Crippen LogP contribution in [0, 0.1) is 0 Å². The van der Waals surface area contributed by atoms with Crippen molar-refractivity contribution < 1.29 is 49.3 Å². The Morgan fingerprint density at radius 3 is 1.33 bits per heavy atom. The normalized spacial score (nSPS) is 19.3. The molecule has 0 radical (unpaired) electrons. The quantitative estimate of drug-likeness (QED) is 0.0195. The van der Waals surface area contributed by atoms with Crippen molar-refractivity contribution in [2.45, 2.75) is 307 Å². The molecule has 1 heterocycles. The molecule has 0 aromatic heterocycles. The third-order valence-corrected chi connectivity index (χ3v) is 14.8. The highest BCUT2D eigenvalue weighted by molar-refractivity contribution is 5.80. The third kappa shape index (κ3) is 46.0. The molecule has 0 bridgehead atoms. The van der Waals surface area contributed by atoms with Crippen molar-refractivity contribution in [3.63, 3.8) is 0 Å². The number of nitrogens with one attached hydrogen (secondary N) is 1. The molecule has 1 amide bonds. The standard InChI is InChI=1S/C72H121NO10/c1-4-7-10-13-16-19-22-25-27-29-31-32-33-34-35-37-39-42-45-48-51-54-57-60-67(77)83-70-69(79)68(78)66(61-74)82-72(70)81-62-63(64(75)58-55-52-49-46-43-40-24-21-18-15-12-9-6-3)73-71(80)65(76)59-56-53-50-47-44-41-38-36-30-28-26-23-20-17-14-11-8-5-2/h7,10,16-17,19-20,25-28,31-32,34-36,38,44,47,55,58,63-66,68-70,72,74-76,78-79H,4-6,8-9,11-15,18,21-24,29-30,33,37,39-43,45-46,48-54,56-57,59-62H2,1-3H3,(H,73,80)/b10-7-,19-16-,20-17-,27-25-,28-26-,32-31-,35-34-,38-36-,47-44-,58-55+. The monoisotopic (exact) mass is 1160 g/mol. The second-order valence-electron chi connectivity index (χ2n) is 22.5. The van der Waals surface area contributed by atoms with Crippen LogP contribution in [0.4, 0.5) is 0 Å². The van der Waals surface area contributed by atoms with Gasteiger partial charge in [0.25, 0.3) is 0 Å². The number of esters is 1. The summed E-state index contributed by atoms with van der Waals surface area (Å²) in [7, 11) is 0. The molecular formula is C72H121NO10. The van der Waals surface area contributed by atoms with Gasteiger partial charge in [0.1, 0.15) is 24.4 Å². The number of amides is 1. The molecule has 1 aliphatic rings. The Morgan fingerprint density at radius 1 is 0.482 bits per heavy atom. The van der Waals surface area contributed by atoms with Crippen molar-refractivity contribution in [1.82, 2.24) is 5.32 Å². The molecule has 0 aromatic rings. The maximum absolute atomic E-state index is 13.4. The van der Waals surface area contributed by atoms with E-state index < -0.39 is 67.4 Å². The zero-order valence-corrected chi connectivity index (χ0v) is 52.5. The number of ether oxygens (including phenoxy) is 3. The molecule has 1 aliphatic heterocycles. The minimum Gasteiger partial charge on any atom is -0.454 e. The Kier molecular flexibility index (Phi) is 54.3. The van der Waals surface area contributed by atoms with E-state index in [-0.39, 0.29) is 19.4 Å². The minimum absolute atomic E-state index is 0.0995. The summed E-state index contributed by atoms with van der Waals surface area (Å²) in [5.41, 5.74) is 0. The van der Waals surface area contributed by atoms with Gasteiger partial charge in [0.2, 0.25) is 5.91 Å². The van der Waals surface area contributed by atoms with Crippen LogP contribution in [-0.2, 0) is 23.8 Å². The van der Waals surface area contributed by atoms with Crippen molar-refractivity contribution in [3.05, 3.63) is 122 Å². The molecule has 8 unspecified atom stereocenters. The van der Waals surface area contributed by atoms with Crippen molar-refractivity contribution >= 4 is 11.9 Å². The maximum Gasteiger partial charge on any atom is 0.306 e. The second-order valence-corrected chi connectivity index (χ2v) is 22.5. The second kappa shape index (κ2) is 58.4. The van der Waals surface area contributed by atoms with Gasteiger partial charge < -0.3 is 45.1 Å². The molecule has 11 nitrogen and oxygen atoms in total. The molecule has 83 heavy (non-hydrogen) atoms. The summed E-state index contributed by atoms with van der Waals surface area (Å²) in [5, 5.41) is 57.1. The highest BCUT2D eigenvalue weighted by Gasteiger charge is 2.47. The molecule has 0 saturated carbocycles. The first-order valence-corrected chi connectivity index (χ1v) is 33.3. The van der Waals surface area contributed by atoms with Gasteiger partial charge in [-0.3, -0.25) is 9.59 Å². The average molecular weight is 1160 g/mol. The first-order valence-electron chi connectivity index (χ1n) is 33.3. The highest BCUT2D eigenvalue weighted by atomic mass is 16.7. The zero-order chi connectivity index (χ0) is 60.3. The highest BCUT2D eigenvalue weighted by Crippen LogP contribution is 2.26. The van der Waals surface area contributed by atoms with E-state index >= 15 is 0 Å². The predicted octanol–water partition coefficient (Wildman–Crippen LogP) is 16.6. The van der Waals surface area contributed by atoms with E-state index in [1.807, 2.05) is 6.08 Å². The fourth-order valence-electron chi connectivity index (χ4n) is 9.60. The fourth-order valence-corrected chi connectivity index (χ4v) is 9.60. The SMILES string of the molecule is CC/C=C\C/C=C\C/C=C\C/C=C\C/C=C\CCCCCCCCCC(=O)OC1C(OCC(NC(=O)C(O)CCCC/C=C\C/C=C\C/C=C\C/C=C\CCCCC)C(O)/C=C/CCCCCCCCCCCCC)OC(CO)C(O)C1O. The van der Waals surface area contributed by atoms with Gasteiger partial charge in [-0.05, 0) is 116 Å². The number of carbonyl (C=O) groups is 2. The Morgan fingerprint density at radius 2 is 0.867 bits per heavy atom. The zero-order valence-electron chi connectivity index (χ0n) is 52.5. The Bertz CT molecular complexity index is 1810. The fraction of sp³-hybridized carbons (Fsp3) is 0.694. The van der Waals surface area contributed by atoms with E-state index in [0.29, 0.717) is 12.8 Å². The van der Waals surface area contributed by atoms with E-state index in [1.165, 1.54) is 70.6 Å². The molecule has 8 atom stereocenters. The number of aliphatic hydroxyl groups is 5. The molecule has 0 aromatic carbocycles. The van der Waals surface area contributed by atoms with Crippen LogP contribution in [-0.4, -0.2) is 99.6 Å². The molecule has 6 N–H and O–H groups in total. The minimum atomic E-state index is -1.63. The van der Waals surface area contributed by atoms with Gasteiger partial charge in [-0.15, -0.1) is 0 Å². The van der Waals surface area contributed by atoms with Crippen molar-refractivity contribution in [2.24, 2.45) is 0 Å².